The van der Waals surface area contributed by atoms with Crippen LogP contribution < -0.4 is 5.01 Å². The van der Waals surface area contributed by atoms with Crippen molar-refractivity contribution in [3.8, 4) is 11.1 Å². The van der Waals surface area contributed by atoms with Gasteiger partial charge in [0.15, 0.2) is 5.69 Å². The maximum Gasteiger partial charge on any atom is 0.292 e. The van der Waals surface area contributed by atoms with Crippen molar-refractivity contribution in [1.82, 2.24) is 19.6 Å². The Morgan fingerprint density at radius 3 is 2.69 bits per heavy atom. The summed E-state index contributed by atoms with van der Waals surface area (Å²) in [6, 6.07) is 16.1. The van der Waals surface area contributed by atoms with Gasteiger partial charge in [0.25, 0.3) is 5.91 Å². The van der Waals surface area contributed by atoms with E-state index in [1.54, 1.807) is 21.9 Å². The molecule has 0 aliphatic carbocycles. The van der Waals surface area contributed by atoms with Crippen LogP contribution in [0.15, 0.2) is 71.6 Å². The van der Waals surface area contributed by atoms with Crippen LogP contribution in [-0.2, 0) is 6.42 Å². The maximum absolute atomic E-state index is 13.2. The van der Waals surface area contributed by atoms with Crippen molar-refractivity contribution in [1.29, 1.82) is 0 Å². The summed E-state index contributed by atoms with van der Waals surface area (Å²) in [5, 5.41) is 8.14. The van der Waals surface area contributed by atoms with Crippen molar-refractivity contribution in [3.05, 3.63) is 82.9 Å². The Morgan fingerprint density at radius 2 is 1.86 bits per heavy atom. The SMILES string of the molecule is CN1c2ccc(-c3ccncc3)cc2CCN1C(=O)c1cc2ccc(Br)cn2n1. The molecular formula is C22H18BrN5O. The number of carbonyl (C=O) groups excluding carboxylic acids is 1. The molecule has 4 heterocycles. The molecule has 0 fully saturated rings. The molecule has 29 heavy (non-hydrogen) atoms. The number of nitrogens with zero attached hydrogens (tertiary/aromatic N) is 5. The number of fused-ring (bicyclic) bond motifs is 2. The highest BCUT2D eigenvalue weighted by Crippen LogP contribution is 2.31. The minimum Gasteiger partial charge on any atom is -0.285 e. The van der Waals surface area contributed by atoms with Crippen LogP contribution in [0.25, 0.3) is 16.6 Å². The van der Waals surface area contributed by atoms with E-state index in [9.17, 15) is 4.79 Å². The fourth-order valence-corrected chi connectivity index (χ4v) is 4.09. The first-order valence-corrected chi connectivity index (χ1v) is 10.1. The Bertz CT molecular complexity index is 1220. The summed E-state index contributed by atoms with van der Waals surface area (Å²) >= 11 is 3.44. The van der Waals surface area contributed by atoms with E-state index in [-0.39, 0.29) is 5.91 Å². The summed E-state index contributed by atoms with van der Waals surface area (Å²) in [7, 11) is 1.92. The molecule has 0 N–H and O–H groups in total. The lowest BCUT2D eigenvalue weighted by Gasteiger charge is -2.38. The van der Waals surface area contributed by atoms with Crippen molar-refractivity contribution in [2.24, 2.45) is 0 Å². The van der Waals surface area contributed by atoms with Gasteiger partial charge in [-0.3, -0.25) is 14.8 Å². The van der Waals surface area contributed by atoms with E-state index in [1.165, 1.54) is 5.56 Å². The van der Waals surface area contributed by atoms with Gasteiger partial charge in [-0.15, -0.1) is 0 Å². The van der Waals surface area contributed by atoms with Crippen molar-refractivity contribution in [2.45, 2.75) is 6.42 Å². The molecule has 0 spiro atoms. The Morgan fingerprint density at radius 1 is 1.03 bits per heavy atom. The first-order chi connectivity index (χ1) is 14.1. The molecule has 4 aromatic rings. The maximum atomic E-state index is 13.2. The molecule has 3 aromatic heterocycles. The fourth-order valence-electron chi connectivity index (χ4n) is 3.77. The van der Waals surface area contributed by atoms with Crippen LogP contribution in [0, 0.1) is 0 Å². The highest BCUT2D eigenvalue weighted by atomic mass is 79.9. The van der Waals surface area contributed by atoms with Gasteiger partial charge in [-0.25, -0.2) is 9.52 Å². The summed E-state index contributed by atoms with van der Waals surface area (Å²) in [4.78, 5) is 17.2. The third kappa shape index (κ3) is 3.17. The number of rotatable bonds is 2. The molecule has 0 bridgehead atoms. The molecule has 1 aliphatic heterocycles. The van der Waals surface area contributed by atoms with E-state index in [0.717, 1.165) is 33.2 Å². The largest absolute Gasteiger partial charge is 0.292 e. The molecule has 0 radical (unpaired) electrons. The van der Waals surface area contributed by atoms with E-state index in [0.29, 0.717) is 12.2 Å². The molecule has 144 valence electrons. The number of amides is 1. The average molecular weight is 448 g/mol. The molecule has 0 saturated heterocycles. The molecule has 1 amide bonds. The normalized spacial score (nSPS) is 13.6. The van der Waals surface area contributed by atoms with Gasteiger partial charge >= 0.3 is 0 Å². The molecular weight excluding hydrogens is 430 g/mol. The summed E-state index contributed by atoms with van der Waals surface area (Å²) < 4.78 is 2.64. The molecule has 0 unspecified atom stereocenters. The lowest BCUT2D eigenvalue weighted by molar-refractivity contribution is 0.0732. The summed E-state index contributed by atoms with van der Waals surface area (Å²) in [5.41, 5.74) is 5.88. The average Bonchev–Trinajstić information content (AvgIpc) is 3.17. The van der Waals surface area contributed by atoms with Crippen LogP contribution >= 0.6 is 15.9 Å². The third-order valence-electron chi connectivity index (χ3n) is 5.27. The van der Waals surface area contributed by atoms with Crippen LogP contribution in [0.3, 0.4) is 0 Å². The Kier molecular flexibility index (Phi) is 4.32. The molecule has 0 atom stereocenters. The first kappa shape index (κ1) is 17.9. The van der Waals surface area contributed by atoms with Gasteiger partial charge in [0.2, 0.25) is 0 Å². The molecule has 7 heteroatoms. The zero-order valence-electron chi connectivity index (χ0n) is 15.8. The van der Waals surface area contributed by atoms with Crippen LogP contribution in [0.4, 0.5) is 5.69 Å². The third-order valence-corrected chi connectivity index (χ3v) is 5.74. The van der Waals surface area contributed by atoms with Crippen molar-refractivity contribution < 1.29 is 4.79 Å². The lowest BCUT2D eigenvalue weighted by Crippen LogP contribution is -2.48. The minimum absolute atomic E-state index is 0.101. The Labute approximate surface area is 176 Å². The Hall–Kier alpha value is -3.19. The number of aromatic nitrogens is 3. The summed E-state index contributed by atoms with van der Waals surface area (Å²) in [5.74, 6) is -0.101. The molecule has 1 aliphatic rings. The van der Waals surface area contributed by atoms with Gasteiger partial charge in [0.1, 0.15) is 0 Å². The van der Waals surface area contributed by atoms with E-state index in [4.69, 9.17) is 0 Å². The van der Waals surface area contributed by atoms with Crippen molar-refractivity contribution in [2.75, 3.05) is 18.6 Å². The van der Waals surface area contributed by atoms with E-state index in [1.807, 2.05) is 48.6 Å². The quantitative estimate of drug-likeness (QED) is 0.461. The van der Waals surface area contributed by atoms with E-state index in [2.05, 4.69) is 44.2 Å². The number of hydrazine groups is 1. The van der Waals surface area contributed by atoms with Crippen LogP contribution in [0.5, 0.6) is 0 Å². The monoisotopic (exact) mass is 447 g/mol. The number of anilines is 1. The predicted molar refractivity (Wildman–Crippen MR) is 116 cm³/mol. The highest BCUT2D eigenvalue weighted by Gasteiger charge is 2.28. The van der Waals surface area contributed by atoms with Gasteiger partial charge < -0.3 is 0 Å². The second-order valence-electron chi connectivity index (χ2n) is 7.03. The smallest absolute Gasteiger partial charge is 0.285 e. The van der Waals surface area contributed by atoms with Crippen molar-refractivity contribution in [3.63, 3.8) is 0 Å². The van der Waals surface area contributed by atoms with Crippen LogP contribution in [0.2, 0.25) is 0 Å². The number of pyridine rings is 2. The van der Waals surface area contributed by atoms with Crippen molar-refractivity contribution >= 4 is 33.0 Å². The van der Waals surface area contributed by atoms with Gasteiger partial charge in [-0.1, -0.05) is 6.07 Å². The second-order valence-corrected chi connectivity index (χ2v) is 7.94. The van der Waals surface area contributed by atoms with Gasteiger partial charge in [0.05, 0.1) is 11.2 Å². The van der Waals surface area contributed by atoms with E-state index >= 15 is 0 Å². The fraction of sp³-hybridized carbons (Fsp3) is 0.136. The summed E-state index contributed by atoms with van der Waals surface area (Å²) in [6.45, 7) is 0.611. The molecule has 1 aromatic carbocycles. The van der Waals surface area contributed by atoms with Gasteiger partial charge in [-0.05, 0) is 81.5 Å². The lowest BCUT2D eigenvalue weighted by atomic mass is 9.99. The first-order valence-electron chi connectivity index (χ1n) is 9.34. The number of carbonyl (C=O) groups is 1. The van der Waals surface area contributed by atoms with Gasteiger partial charge in [-0.2, -0.15) is 5.10 Å². The Balaban J connectivity index is 1.44. The zero-order chi connectivity index (χ0) is 20.0. The summed E-state index contributed by atoms with van der Waals surface area (Å²) in [6.07, 6.45) is 6.24. The zero-order valence-corrected chi connectivity index (χ0v) is 17.4. The van der Waals surface area contributed by atoms with Gasteiger partial charge in [0, 0.05) is 36.7 Å². The number of hydrogen-bond donors (Lipinski definition) is 0. The standard InChI is InChI=1S/C22H18BrN5O/c1-26-21-5-2-16(15-6-9-24-10-7-15)12-17(21)8-11-28(26)22(29)20-13-19-4-3-18(23)14-27(19)25-20/h2-7,9-10,12-14H,8,11H2,1H3. The number of hydrogen-bond acceptors (Lipinski definition) is 4. The second kappa shape index (κ2) is 7.00. The molecule has 5 rings (SSSR count). The van der Waals surface area contributed by atoms with Crippen LogP contribution in [0.1, 0.15) is 16.1 Å². The molecule has 0 saturated carbocycles. The number of benzene rings is 1. The number of halogens is 1. The highest BCUT2D eigenvalue weighted by molar-refractivity contribution is 9.10. The minimum atomic E-state index is -0.101. The van der Waals surface area contributed by atoms with Crippen LogP contribution in [-0.4, -0.2) is 39.1 Å². The predicted octanol–water partition coefficient (Wildman–Crippen LogP) is 4.21. The molecule has 6 nitrogen and oxygen atoms in total. The topological polar surface area (TPSA) is 53.7 Å². The van der Waals surface area contributed by atoms with E-state index < -0.39 is 0 Å².